The summed E-state index contributed by atoms with van der Waals surface area (Å²) in [5.41, 5.74) is 0.983. The fourth-order valence-corrected chi connectivity index (χ4v) is 3.49. The maximum Gasteiger partial charge on any atom is 0.419 e. The van der Waals surface area contributed by atoms with E-state index in [9.17, 15) is 14.4 Å². The molecule has 1 aliphatic heterocycles. The molecule has 1 aliphatic rings. The van der Waals surface area contributed by atoms with Gasteiger partial charge in [-0.05, 0) is 19.2 Å². The molecule has 1 atom stereocenters. The van der Waals surface area contributed by atoms with Crippen molar-refractivity contribution in [2.24, 2.45) is 0 Å². The van der Waals surface area contributed by atoms with Gasteiger partial charge >= 0.3 is 5.76 Å². The number of aromatic nitrogens is 1. The standard InChI is InChI=1S/C18H23ClN4O4/c1-20(2)17(25)14-11-21(3)8-9-22(14)16(24)6-7-23-13-5-4-12(19)10-15(13)27-18(23)26/h4-5,10,14H,6-9,11H2,1-3H3. The Morgan fingerprint density at radius 2 is 2.04 bits per heavy atom. The highest BCUT2D eigenvalue weighted by Gasteiger charge is 2.34. The van der Waals surface area contributed by atoms with Crippen molar-refractivity contribution < 1.29 is 14.0 Å². The molecule has 1 fully saturated rings. The number of hydrogen-bond donors (Lipinski definition) is 0. The fraction of sp³-hybridized carbons (Fsp3) is 0.500. The quantitative estimate of drug-likeness (QED) is 0.768. The summed E-state index contributed by atoms with van der Waals surface area (Å²) in [7, 11) is 5.30. The number of piperazine rings is 1. The van der Waals surface area contributed by atoms with E-state index >= 15 is 0 Å². The van der Waals surface area contributed by atoms with Crippen LogP contribution in [0.4, 0.5) is 0 Å². The third kappa shape index (κ3) is 4.01. The molecule has 1 aromatic heterocycles. The molecule has 0 aliphatic carbocycles. The first-order valence-electron chi connectivity index (χ1n) is 8.76. The molecular weight excluding hydrogens is 372 g/mol. The largest absolute Gasteiger partial charge is 0.419 e. The molecule has 27 heavy (non-hydrogen) atoms. The number of likely N-dealkylation sites (N-methyl/N-ethyl adjacent to an activating group) is 2. The predicted octanol–water partition coefficient (Wildman–Crippen LogP) is 0.869. The molecule has 3 rings (SSSR count). The molecule has 8 nitrogen and oxygen atoms in total. The van der Waals surface area contributed by atoms with E-state index in [1.54, 1.807) is 37.2 Å². The SMILES string of the molecule is CN1CCN(C(=O)CCn2c(=O)oc3cc(Cl)ccc32)C(C(=O)N(C)C)C1. The molecule has 2 heterocycles. The number of halogens is 1. The van der Waals surface area contributed by atoms with Gasteiger partial charge in [0.1, 0.15) is 6.04 Å². The Hall–Kier alpha value is -2.32. The highest BCUT2D eigenvalue weighted by atomic mass is 35.5. The van der Waals surface area contributed by atoms with Crippen molar-refractivity contribution in [3.63, 3.8) is 0 Å². The van der Waals surface area contributed by atoms with E-state index in [2.05, 4.69) is 0 Å². The molecule has 0 bridgehead atoms. The van der Waals surface area contributed by atoms with E-state index in [4.69, 9.17) is 16.0 Å². The third-order valence-corrected chi connectivity index (χ3v) is 5.04. The smallest absolute Gasteiger partial charge is 0.408 e. The molecular formula is C18H23ClN4O4. The number of amides is 2. The van der Waals surface area contributed by atoms with Crippen LogP contribution in [0.3, 0.4) is 0 Å². The minimum atomic E-state index is -0.528. The highest BCUT2D eigenvalue weighted by Crippen LogP contribution is 2.19. The summed E-state index contributed by atoms with van der Waals surface area (Å²) in [6.07, 6.45) is 0.109. The number of carbonyl (C=O) groups excluding carboxylic acids is 2. The van der Waals surface area contributed by atoms with E-state index < -0.39 is 11.8 Å². The zero-order valence-electron chi connectivity index (χ0n) is 15.6. The molecule has 1 saturated heterocycles. The van der Waals surface area contributed by atoms with E-state index in [-0.39, 0.29) is 24.8 Å². The van der Waals surface area contributed by atoms with Crippen LogP contribution >= 0.6 is 11.6 Å². The number of oxazole rings is 1. The average Bonchev–Trinajstić information content (AvgIpc) is 2.92. The number of carbonyl (C=O) groups is 2. The van der Waals surface area contributed by atoms with Gasteiger partial charge in [-0.1, -0.05) is 11.6 Å². The van der Waals surface area contributed by atoms with Crippen molar-refractivity contribution >= 4 is 34.5 Å². The van der Waals surface area contributed by atoms with Crippen LogP contribution in [0.15, 0.2) is 27.4 Å². The number of benzene rings is 1. The van der Waals surface area contributed by atoms with Gasteiger partial charge in [0.05, 0.1) is 5.52 Å². The lowest BCUT2D eigenvalue weighted by molar-refractivity contribution is -0.147. The predicted molar refractivity (Wildman–Crippen MR) is 102 cm³/mol. The molecule has 2 aromatic rings. The molecule has 1 aromatic carbocycles. The van der Waals surface area contributed by atoms with Crippen molar-refractivity contribution in [1.82, 2.24) is 19.3 Å². The van der Waals surface area contributed by atoms with Crippen molar-refractivity contribution in [2.75, 3.05) is 40.8 Å². The van der Waals surface area contributed by atoms with E-state index in [0.29, 0.717) is 35.8 Å². The molecule has 9 heteroatoms. The summed E-state index contributed by atoms with van der Waals surface area (Å²) >= 11 is 5.92. The fourth-order valence-electron chi connectivity index (χ4n) is 3.33. The maximum atomic E-state index is 12.8. The van der Waals surface area contributed by atoms with Gasteiger partial charge in [-0.15, -0.1) is 0 Å². The van der Waals surface area contributed by atoms with Crippen molar-refractivity contribution in [3.8, 4) is 0 Å². The first-order valence-corrected chi connectivity index (χ1v) is 9.14. The van der Waals surface area contributed by atoms with Gasteiger partial charge in [0, 0.05) is 57.8 Å². The monoisotopic (exact) mass is 394 g/mol. The van der Waals surface area contributed by atoms with E-state index in [1.807, 2.05) is 11.9 Å². The molecule has 0 saturated carbocycles. The minimum absolute atomic E-state index is 0.101. The molecule has 0 spiro atoms. The lowest BCUT2D eigenvalue weighted by Gasteiger charge is -2.40. The minimum Gasteiger partial charge on any atom is -0.408 e. The molecule has 146 valence electrons. The van der Waals surface area contributed by atoms with Crippen molar-refractivity contribution in [3.05, 3.63) is 33.8 Å². The van der Waals surface area contributed by atoms with Gasteiger partial charge in [-0.2, -0.15) is 0 Å². The van der Waals surface area contributed by atoms with E-state index in [1.165, 1.54) is 9.47 Å². The van der Waals surface area contributed by atoms with Gasteiger partial charge in [-0.25, -0.2) is 4.79 Å². The Labute approximate surface area is 161 Å². The molecule has 2 amide bonds. The van der Waals surface area contributed by atoms with Crippen LogP contribution in [0.2, 0.25) is 5.02 Å². The van der Waals surface area contributed by atoms with Crippen LogP contribution in [0.5, 0.6) is 0 Å². The second-order valence-electron chi connectivity index (χ2n) is 6.98. The highest BCUT2D eigenvalue weighted by molar-refractivity contribution is 6.31. The van der Waals surface area contributed by atoms with Crippen LogP contribution < -0.4 is 5.76 Å². The summed E-state index contributed by atoms with van der Waals surface area (Å²) in [5, 5.41) is 0.474. The van der Waals surface area contributed by atoms with Gasteiger partial charge < -0.3 is 19.1 Å². The van der Waals surface area contributed by atoms with Crippen LogP contribution in [-0.2, 0) is 16.1 Å². The Bertz CT molecular complexity index is 920. The number of hydrogen-bond acceptors (Lipinski definition) is 5. The number of fused-ring (bicyclic) bond motifs is 1. The Morgan fingerprint density at radius 3 is 2.74 bits per heavy atom. The van der Waals surface area contributed by atoms with Crippen LogP contribution in [-0.4, -0.2) is 77.9 Å². The van der Waals surface area contributed by atoms with Gasteiger partial charge in [0.25, 0.3) is 0 Å². The molecule has 0 N–H and O–H groups in total. The first-order chi connectivity index (χ1) is 12.8. The molecule has 0 radical (unpaired) electrons. The number of nitrogens with zero attached hydrogens (tertiary/aromatic N) is 4. The Morgan fingerprint density at radius 1 is 1.30 bits per heavy atom. The number of aryl methyl sites for hydroxylation is 1. The lowest BCUT2D eigenvalue weighted by atomic mass is 10.1. The zero-order valence-corrected chi connectivity index (χ0v) is 16.4. The van der Waals surface area contributed by atoms with Crippen LogP contribution in [0, 0.1) is 0 Å². The third-order valence-electron chi connectivity index (χ3n) is 4.81. The number of rotatable bonds is 4. The summed E-state index contributed by atoms with van der Waals surface area (Å²) in [6, 6.07) is 4.43. The van der Waals surface area contributed by atoms with Gasteiger partial charge in [0.2, 0.25) is 11.8 Å². The maximum absolute atomic E-state index is 12.8. The van der Waals surface area contributed by atoms with Gasteiger partial charge in [0.15, 0.2) is 5.58 Å². The normalized spacial score (nSPS) is 18.1. The van der Waals surface area contributed by atoms with Crippen molar-refractivity contribution in [1.29, 1.82) is 0 Å². The second-order valence-corrected chi connectivity index (χ2v) is 7.42. The summed E-state index contributed by atoms with van der Waals surface area (Å²) in [5.74, 6) is -0.784. The average molecular weight is 395 g/mol. The lowest BCUT2D eigenvalue weighted by Crippen LogP contribution is -2.59. The Balaban J connectivity index is 1.76. The Kier molecular flexibility index (Phi) is 5.57. The van der Waals surface area contributed by atoms with E-state index in [0.717, 1.165) is 0 Å². The second kappa shape index (κ2) is 7.74. The molecule has 1 unspecified atom stereocenters. The van der Waals surface area contributed by atoms with Crippen molar-refractivity contribution in [2.45, 2.75) is 19.0 Å². The summed E-state index contributed by atoms with van der Waals surface area (Å²) in [6.45, 7) is 1.86. The van der Waals surface area contributed by atoms with Crippen LogP contribution in [0.1, 0.15) is 6.42 Å². The first kappa shape index (κ1) is 19.4. The summed E-state index contributed by atoms with van der Waals surface area (Å²) in [4.78, 5) is 42.5. The zero-order chi connectivity index (χ0) is 19.7. The summed E-state index contributed by atoms with van der Waals surface area (Å²) < 4.78 is 6.61. The van der Waals surface area contributed by atoms with Crippen LogP contribution in [0.25, 0.3) is 11.1 Å². The van der Waals surface area contributed by atoms with Gasteiger partial charge in [-0.3, -0.25) is 14.2 Å². The topological polar surface area (TPSA) is 79.0 Å².